The summed E-state index contributed by atoms with van der Waals surface area (Å²) in [5, 5.41) is 17.7. The SMILES string of the molecule is O=c1ccn(CC(O)CO)c(=O)n1OP(=O)(O)O. The smallest absolute Gasteiger partial charge is 0.394 e. The number of aliphatic hydroxyl groups is 2. The van der Waals surface area contributed by atoms with Crippen LogP contribution in [0.25, 0.3) is 0 Å². The van der Waals surface area contributed by atoms with Gasteiger partial charge in [-0.1, -0.05) is 4.73 Å². The lowest BCUT2D eigenvalue weighted by Gasteiger charge is -2.12. The van der Waals surface area contributed by atoms with E-state index in [0.29, 0.717) is 0 Å². The standard InChI is InChI=1S/C7H11N2O8P/c10-4-5(11)3-8-2-1-6(12)9(7(8)13)17-18(14,15)16/h1-2,5,10-11H,3-4H2,(H2,14,15,16). The third-order valence-electron chi connectivity index (χ3n) is 1.82. The van der Waals surface area contributed by atoms with Gasteiger partial charge in [-0.25, -0.2) is 9.36 Å². The maximum atomic E-state index is 11.6. The Balaban J connectivity index is 3.19. The maximum absolute atomic E-state index is 11.6. The van der Waals surface area contributed by atoms with E-state index < -0.39 is 31.8 Å². The van der Waals surface area contributed by atoms with Gasteiger partial charge in [0.1, 0.15) is 0 Å². The molecule has 18 heavy (non-hydrogen) atoms. The Morgan fingerprint density at radius 3 is 2.50 bits per heavy atom. The van der Waals surface area contributed by atoms with E-state index in [4.69, 9.17) is 20.0 Å². The number of nitrogens with zero attached hydrogens (tertiary/aromatic N) is 2. The molecule has 0 radical (unpaired) electrons. The molecule has 0 aliphatic heterocycles. The van der Waals surface area contributed by atoms with E-state index in [2.05, 4.69) is 4.62 Å². The van der Waals surface area contributed by atoms with Crippen LogP contribution in [-0.2, 0) is 11.1 Å². The van der Waals surface area contributed by atoms with Gasteiger partial charge >= 0.3 is 13.5 Å². The Hall–Kier alpha value is -1.45. The van der Waals surface area contributed by atoms with E-state index in [1.54, 1.807) is 0 Å². The quantitative estimate of drug-likeness (QED) is 0.414. The van der Waals surface area contributed by atoms with Crippen LogP contribution in [0.5, 0.6) is 0 Å². The number of rotatable bonds is 5. The average Bonchev–Trinajstić information content (AvgIpc) is 2.26. The second-order valence-electron chi connectivity index (χ2n) is 3.29. The molecule has 1 unspecified atom stereocenters. The summed E-state index contributed by atoms with van der Waals surface area (Å²) in [6.45, 7) is -0.981. The van der Waals surface area contributed by atoms with E-state index >= 15 is 0 Å². The molecule has 4 N–H and O–H groups in total. The predicted octanol–water partition coefficient (Wildman–Crippen LogP) is -3.12. The largest absolute Gasteiger partial charge is 0.544 e. The molecule has 0 saturated carbocycles. The van der Waals surface area contributed by atoms with E-state index in [9.17, 15) is 14.2 Å². The van der Waals surface area contributed by atoms with Crippen molar-refractivity contribution in [1.82, 2.24) is 9.30 Å². The van der Waals surface area contributed by atoms with Crippen molar-refractivity contribution in [2.45, 2.75) is 12.6 Å². The average molecular weight is 282 g/mol. The normalized spacial score (nSPS) is 13.3. The highest BCUT2D eigenvalue weighted by Gasteiger charge is 2.20. The van der Waals surface area contributed by atoms with Gasteiger partial charge in [0.2, 0.25) is 0 Å². The Bertz CT molecular complexity index is 572. The van der Waals surface area contributed by atoms with Gasteiger partial charge in [0.25, 0.3) is 5.56 Å². The Labute approximate surface area is 99.5 Å². The number of hydrogen-bond donors (Lipinski definition) is 4. The molecule has 0 aliphatic carbocycles. The molecule has 11 heteroatoms. The lowest BCUT2D eigenvalue weighted by molar-refractivity contribution is 0.0772. The van der Waals surface area contributed by atoms with Crippen LogP contribution < -0.4 is 15.9 Å². The lowest BCUT2D eigenvalue weighted by Crippen LogP contribution is -2.43. The summed E-state index contributed by atoms with van der Waals surface area (Å²) in [7, 11) is -5.06. The first-order valence-electron chi connectivity index (χ1n) is 4.61. The van der Waals surface area contributed by atoms with Crippen molar-refractivity contribution < 1.29 is 29.2 Å². The Morgan fingerprint density at radius 1 is 1.39 bits per heavy atom. The number of aliphatic hydroxyl groups excluding tert-OH is 2. The van der Waals surface area contributed by atoms with Gasteiger partial charge in [0, 0.05) is 12.3 Å². The highest BCUT2D eigenvalue weighted by Crippen LogP contribution is 2.30. The molecule has 10 nitrogen and oxygen atoms in total. The summed E-state index contributed by atoms with van der Waals surface area (Å²) < 4.78 is 15.1. The van der Waals surface area contributed by atoms with Crippen LogP contribution in [0.1, 0.15) is 0 Å². The van der Waals surface area contributed by atoms with Crippen molar-refractivity contribution in [2.75, 3.05) is 6.61 Å². The van der Waals surface area contributed by atoms with Crippen LogP contribution in [0.3, 0.4) is 0 Å². The molecule has 1 aromatic heterocycles. The Kier molecular flexibility index (Phi) is 4.43. The van der Waals surface area contributed by atoms with Crippen LogP contribution in [0.4, 0.5) is 0 Å². The molecule has 0 spiro atoms. The van der Waals surface area contributed by atoms with E-state index in [1.807, 2.05) is 0 Å². The Morgan fingerprint density at radius 2 is 2.00 bits per heavy atom. The van der Waals surface area contributed by atoms with Gasteiger partial charge in [0.05, 0.1) is 19.3 Å². The third-order valence-corrected chi connectivity index (χ3v) is 2.20. The van der Waals surface area contributed by atoms with E-state index in [-0.39, 0.29) is 11.3 Å². The highest BCUT2D eigenvalue weighted by molar-refractivity contribution is 7.46. The second kappa shape index (κ2) is 5.46. The second-order valence-corrected chi connectivity index (χ2v) is 4.44. The highest BCUT2D eigenvalue weighted by atomic mass is 31.2. The molecule has 1 rings (SSSR count). The van der Waals surface area contributed by atoms with Crippen LogP contribution in [0.2, 0.25) is 0 Å². The fourth-order valence-corrected chi connectivity index (χ4v) is 1.46. The molecule has 0 amide bonds. The van der Waals surface area contributed by atoms with Crippen LogP contribution in [-0.4, -0.2) is 42.0 Å². The summed E-state index contributed by atoms with van der Waals surface area (Å²) in [6, 6.07) is 0.821. The molecule has 1 aromatic rings. The first-order chi connectivity index (χ1) is 8.24. The maximum Gasteiger partial charge on any atom is 0.544 e. The van der Waals surface area contributed by atoms with Gasteiger partial charge in [-0.15, -0.1) is 0 Å². The summed E-state index contributed by atoms with van der Waals surface area (Å²) in [5.41, 5.74) is -2.25. The topological polar surface area (TPSA) is 151 Å². The number of hydrogen-bond acceptors (Lipinski definition) is 6. The molecular weight excluding hydrogens is 271 g/mol. The molecule has 102 valence electrons. The number of phosphoric acid groups is 1. The summed E-state index contributed by atoms with van der Waals surface area (Å²) in [4.78, 5) is 39.8. The first-order valence-corrected chi connectivity index (χ1v) is 6.14. The van der Waals surface area contributed by atoms with Crippen molar-refractivity contribution in [3.8, 4) is 0 Å². The predicted molar refractivity (Wildman–Crippen MR) is 56.7 cm³/mol. The zero-order valence-electron chi connectivity index (χ0n) is 8.91. The van der Waals surface area contributed by atoms with Crippen LogP contribution >= 0.6 is 7.82 Å². The zero-order valence-corrected chi connectivity index (χ0v) is 9.80. The molecular formula is C7H11N2O8P. The monoisotopic (exact) mass is 282 g/mol. The zero-order chi connectivity index (χ0) is 13.9. The minimum absolute atomic E-state index is 0.120. The van der Waals surface area contributed by atoms with Crippen LogP contribution in [0.15, 0.2) is 21.9 Å². The van der Waals surface area contributed by atoms with Crippen molar-refractivity contribution in [1.29, 1.82) is 0 Å². The summed E-state index contributed by atoms with van der Waals surface area (Å²) in [6.07, 6.45) is -0.257. The van der Waals surface area contributed by atoms with Gasteiger partial charge in [0.15, 0.2) is 0 Å². The van der Waals surface area contributed by atoms with Crippen molar-refractivity contribution in [3.05, 3.63) is 33.1 Å². The van der Waals surface area contributed by atoms with Crippen molar-refractivity contribution in [2.24, 2.45) is 0 Å². The first kappa shape index (κ1) is 14.6. The molecule has 0 aromatic carbocycles. The molecule has 1 heterocycles. The minimum Gasteiger partial charge on any atom is -0.394 e. The lowest BCUT2D eigenvalue weighted by atomic mass is 10.4. The fraction of sp³-hybridized carbons (Fsp3) is 0.429. The summed E-state index contributed by atoms with van der Waals surface area (Å²) in [5.74, 6) is 0. The van der Waals surface area contributed by atoms with E-state index in [1.165, 1.54) is 0 Å². The number of aromatic nitrogens is 2. The molecule has 0 bridgehead atoms. The van der Waals surface area contributed by atoms with Gasteiger partial charge in [-0.3, -0.25) is 19.1 Å². The van der Waals surface area contributed by atoms with Crippen LogP contribution in [0, 0.1) is 0 Å². The summed E-state index contributed by atoms with van der Waals surface area (Å²) >= 11 is 0. The minimum atomic E-state index is -5.06. The molecule has 1 atom stereocenters. The molecule has 0 saturated heterocycles. The van der Waals surface area contributed by atoms with Crippen molar-refractivity contribution >= 4 is 7.82 Å². The van der Waals surface area contributed by atoms with Gasteiger partial charge in [-0.05, 0) is 0 Å². The van der Waals surface area contributed by atoms with Crippen molar-refractivity contribution in [3.63, 3.8) is 0 Å². The van der Waals surface area contributed by atoms with E-state index in [0.717, 1.165) is 16.8 Å². The third kappa shape index (κ3) is 3.79. The molecule has 0 fully saturated rings. The van der Waals surface area contributed by atoms with Gasteiger partial charge < -0.3 is 14.8 Å². The van der Waals surface area contributed by atoms with Gasteiger partial charge in [-0.2, -0.15) is 0 Å². The molecule has 0 aliphatic rings. The fourth-order valence-electron chi connectivity index (χ4n) is 1.10.